The maximum atomic E-state index is 12.2. The van der Waals surface area contributed by atoms with Crippen LogP contribution in [-0.2, 0) is 9.59 Å². The van der Waals surface area contributed by atoms with E-state index in [1.54, 1.807) is 12.1 Å². The van der Waals surface area contributed by atoms with Gasteiger partial charge in [0.25, 0.3) is 0 Å². The van der Waals surface area contributed by atoms with Crippen LogP contribution in [0.3, 0.4) is 0 Å². The fraction of sp³-hybridized carbons (Fsp3) is 0.500. The highest BCUT2D eigenvalue weighted by Gasteiger charge is 2.32. The van der Waals surface area contributed by atoms with E-state index in [0.29, 0.717) is 17.5 Å². The van der Waals surface area contributed by atoms with Crippen molar-refractivity contribution < 1.29 is 14.3 Å². The van der Waals surface area contributed by atoms with E-state index in [2.05, 4.69) is 15.6 Å². The Morgan fingerprint density at radius 2 is 2.08 bits per heavy atom. The van der Waals surface area contributed by atoms with Crippen molar-refractivity contribution in [2.75, 3.05) is 11.9 Å². The van der Waals surface area contributed by atoms with Gasteiger partial charge in [-0.15, -0.1) is 0 Å². The van der Waals surface area contributed by atoms with Gasteiger partial charge in [0.05, 0.1) is 6.61 Å². The van der Waals surface area contributed by atoms with Crippen molar-refractivity contribution in [2.24, 2.45) is 4.99 Å². The van der Waals surface area contributed by atoms with Crippen molar-refractivity contribution in [2.45, 2.75) is 51.3 Å². The van der Waals surface area contributed by atoms with Crippen LogP contribution in [-0.4, -0.2) is 34.9 Å². The zero-order chi connectivity index (χ0) is 18.2. The number of nitrogens with one attached hydrogen (secondary N) is 2. The van der Waals surface area contributed by atoms with Crippen LogP contribution in [0.5, 0.6) is 5.75 Å². The molecule has 2 rings (SSSR count). The zero-order valence-electron chi connectivity index (χ0n) is 14.9. The first-order valence-electron chi connectivity index (χ1n) is 8.59. The molecule has 2 atom stereocenters. The first-order valence-corrected chi connectivity index (χ1v) is 9.47. The molecule has 2 amide bonds. The molecule has 1 heterocycles. The molecule has 2 unspecified atom stereocenters. The van der Waals surface area contributed by atoms with Gasteiger partial charge in [-0.05, 0) is 44.0 Å². The summed E-state index contributed by atoms with van der Waals surface area (Å²) in [5, 5.41) is 5.73. The van der Waals surface area contributed by atoms with Crippen LogP contribution >= 0.6 is 11.8 Å². The van der Waals surface area contributed by atoms with Gasteiger partial charge in [0.1, 0.15) is 11.0 Å². The summed E-state index contributed by atoms with van der Waals surface area (Å²) in [6, 6.07) is 7.38. The molecule has 1 saturated heterocycles. The van der Waals surface area contributed by atoms with E-state index in [-0.39, 0.29) is 24.3 Å². The molecule has 6 nitrogen and oxygen atoms in total. The average molecular weight is 363 g/mol. The predicted molar refractivity (Wildman–Crippen MR) is 102 cm³/mol. The molecule has 0 aliphatic carbocycles. The molecule has 7 heteroatoms. The molecule has 0 aromatic heterocycles. The lowest BCUT2D eigenvalue weighted by Gasteiger charge is -2.09. The molecule has 0 saturated carbocycles. The molecule has 1 aliphatic rings. The number of amides is 2. The fourth-order valence-corrected chi connectivity index (χ4v) is 3.20. The first-order chi connectivity index (χ1) is 12.0. The molecule has 25 heavy (non-hydrogen) atoms. The van der Waals surface area contributed by atoms with E-state index >= 15 is 0 Å². The lowest BCUT2D eigenvalue weighted by molar-refractivity contribution is -0.122. The second-order valence-corrected chi connectivity index (χ2v) is 7.10. The van der Waals surface area contributed by atoms with Gasteiger partial charge in [0.15, 0.2) is 5.17 Å². The Balaban J connectivity index is 1.85. The molecule has 1 aromatic rings. The summed E-state index contributed by atoms with van der Waals surface area (Å²) in [5.74, 6) is 0.418. The molecular formula is C18H25N3O3S. The molecule has 1 fully saturated rings. The maximum Gasteiger partial charge on any atom is 0.240 e. The minimum Gasteiger partial charge on any atom is -0.494 e. The SMILES string of the molecule is CCCOc1ccc(NC(=O)CC2SC(=NC(C)CC)NC2=O)cc1. The summed E-state index contributed by atoms with van der Waals surface area (Å²) in [4.78, 5) is 28.6. The Morgan fingerprint density at radius 1 is 1.36 bits per heavy atom. The minimum atomic E-state index is -0.435. The number of hydrogen-bond acceptors (Lipinski definition) is 5. The number of thioether (sulfide) groups is 1. The van der Waals surface area contributed by atoms with Crippen molar-refractivity contribution in [1.82, 2.24) is 5.32 Å². The number of amidine groups is 1. The van der Waals surface area contributed by atoms with E-state index in [1.165, 1.54) is 11.8 Å². The van der Waals surface area contributed by atoms with Gasteiger partial charge >= 0.3 is 0 Å². The third-order valence-electron chi connectivity index (χ3n) is 3.69. The highest BCUT2D eigenvalue weighted by atomic mass is 32.2. The number of carbonyl (C=O) groups is 2. The molecule has 0 radical (unpaired) electrons. The van der Waals surface area contributed by atoms with Crippen LogP contribution in [0.4, 0.5) is 5.69 Å². The monoisotopic (exact) mass is 363 g/mol. The van der Waals surface area contributed by atoms with Crippen LogP contribution in [0.25, 0.3) is 0 Å². The third-order valence-corrected chi connectivity index (χ3v) is 4.78. The maximum absolute atomic E-state index is 12.2. The van der Waals surface area contributed by atoms with E-state index in [9.17, 15) is 9.59 Å². The van der Waals surface area contributed by atoms with Crippen LogP contribution < -0.4 is 15.4 Å². The van der Waals surface area contributed by atoms with E-state index in [0.717, 1.165) is 18.6 Å². The smallest absolute Gasteiger partial charge is 0.240 e. The lowest BCUT2D eigenvalue weighted by Crippen LogP contribution is -2.28. The number of nitrogens with zero attached hydrogens (tertiary/aromatic N) is 1. The quantitative estimate of drug-likeness (QED) is 0.743. The minimum absolute atomic E-state index is 0.115. The van der Waals surface area contributed by atoms with E-state index < -0.39 is 5.25 Å². The van der Waals surface area contributed by atoms with Crippen molar-refractivity contribution >= 4 is 34.4 Å². The standard InChI is InChI=1S/C18H25N3O3S/c1-4-10-24-14-8-6-13(7-9-14)20-16(22)11-15-17(23)21-18(25-15)19-12(3)5-2/h6-9,12,15H,4-5,10-11H2,1-3H3,(H,20,22)(H,19,21,23). The highest BCUT2D eigenvalue weighted by Crippen LogP contribution is 2.24. The van der Waals surface area contributed by atoms with Gasteiger partial charge < -0.3 is 15.4 Å². The number of carbonyl (C=O) groups excluding carboxylic acids is 2. The molecular weight excluding hydrogens is 338 g/mol. The van der Waals surface area contributed by atoms with Crippen molar-refractivity contribution in [3.05, 3.63) is 24.3 Å². The fourth-order valence-electron chi connectivity index (χ4n) is 2.13. The van der Waals surface area contributed by atoms with Gasteiger partial charge in [-0.3, -0.25) is 14.6 Å². The largest absolute Gasteiger partial charge is 0.494 e. The lowest BCUT2D eigenvalue weighted by atomic mass is 10.2. The van der Waals surface area contributed by atoms with E-state index in [1.807, 2.05) is 32.9 Å². The van der Waals surface area contributed by atoms with Crippen molar-refractivity contribution in [3.8, 4) is 5.75 Å². The van der Waals surface area contributed by atoms with Crippen LogP contribution in [0.15, 0.2) is 29.3 Å². The predicted octanol–water partition coefficient (Wildman–Crippen LogP) is 3.19. The molecule has 1 aliphatic heterocycles. The summed E-state index contributed by atoms with van der Waals surface area (Å²) in [6.07, 6.45) is 1.97. The molecule has 1 aromatic carbocycles. The van der Waals surface area contributed by atoms with Crippen molar-refractivity contribution in [1.29, 1.82) is 0 Å². The van der Waals surface area contributed by atoms with Crippen LogP contribution in [0, 0.1) is 0 Å². The number of rotatable bonds is 8. The van der Waals surface area contributed by atoms with Crippen LogP contribution in [0.1, 0.15) is 40.0 Å². The molecule has 136 valence electrons. The topological polar surface area (TPSA) is 79.8 Å². The summed E-state index contributed by atoms with van der Waals surface area (Å²) in [6.45, 7) is 6.75. The van der Waals surface area contributed by atoms with Crippen LogP contribution in [0.2, 0.25) is 0 Å². The Morgan fingerprint density at radius 3 is 2.72 bits per heavy atom. The Hall–Kier alpha value is -2.02. The molecule has 2 N–H and O–H groups in total. The van der Waals surface area contributed by atoms with Gasteiger partial charge in [-0.1, -0.05) is 25.6 Å². The Bertz CT molecular complexity index is 631. The zero-order valence-corrected chi connectivity index (χ0v) is 15.7. The van der Waals surface area contributed by atoms with Gasteiger partial charge in [-0.25, -0.2) is 0 Å². The summed E-state index contributed by atoms with van der Waals surface area (Å²) < 4.78 is 5.51. The second-order valence-electron chi connectivity index (χ2n) is 5.91. The Labute approximate surface area is 152 Å². The third kappa shape index (κ3) is 6.08. The normalized spacial score (nSPS) is 19.6. The molecule has 0 bridgehead atoms. The van der Waals surface area contributed by atoms with E-state index in [4.69, 9.17) is 4.74 Å². The summed E-state index contributed by atoms with van der Waals surface area (Å²) in [7, 11) is 0. The number of aliphatic imine (C=N–C) groups is 1. The number of hydrogen-bond donors (Lipinski definition) is 2. The van der Waals surface area contributed by atoms with Gasteiger partial charge in [-0.2, -0.15) is 0 Å². The number of ether oxygens (including phenoxy) is 1. The molecule has 0 spiro atoms. The average Bonchev–Trinajstić information content (AvgIpc) is 2.93. The van der Waals surface area contributed by atoms with Crippen molar-refractivity contribution in [3.63, 3.8) is 0 Å². The Kier molecular flexibility index (Phi) is 7.31. The first kappa shape index (κ1) is 19.3. The van der Waals surface area contributed by atoms with Gasteiger partial charge in [0, 0.05) is 18.2 Å². The summed E-state index contributed by atoms with van der Waals surface area (Å²) >= 11 is 1.32. The number of anilines is 1. The number of benzene rings is 1. The van der Waals surface area contributed by atoms with Gasteiger partial charge in [0.2, 0.25) is 11.8 Å². The highest BCUT2D eigenvalue weighted by molar-refractivity contribution is 8.15. The summed E-state index contributed by atoms with van der Waals surface area (Å²) in [5.41, 5.74) is 0.686. The second kappa shape index (κ2) is 9.46.